The summed E-state index contributed by atoms with van der Waals surface area (Å²) in [6.07, 6.45) is 2.56. The second-order valence-corrected chi connectivity index (χ2v) is 5.21. The van der Waals surface area contributed by atoms with Crippen LogP contribution in [0.5, 0.6) is 0 Å². The molecule has 2 aromatic heterocycles. The summed E-state index contributed by atoms with van der Waals surface area (Å²) >= 11 is 0. The van der Waals surface area contributed by atoms with Gasteiger partial charge < -0.3 is 10.3 Å². The van der Waals surface area contributed by atoms with Gasteiger partial charge in [-0.05, 0) is 44.0 Å². The highest BCUT2D eigenvalue weighted by molar-refractivity contribution is 6.06. The maximum atomic E-state index is 12.4. The minimum atomic E-state index is -0.130. The number of nitrogens with one attached hydrogen (secondary N) is 3. The van der Waals surface area contributed by atoms with E-state index in [0.29, 0.717) is 11.4 Å². The van der Waals surface area contributed by atoms with E-state index < -0.39 is 0 Å². The molecule has 21 heavy (non-hydrogen) atoms. The number of amides is 1. The van der Waals surface area contributed by atoms with Crippen molar-refractivity contribution in [2.45, 2.75) is 27.2 Å². The quantitative estimate of drug-likeness (QED) is 0.689. The number of benzene rings is 1. The highest BCUT2D eigenvalue weighted by Gasteiger charge is 2.12. The molecule has 0 aliphatic heterocycles. The molecule has 5 heteroatoms. The van der Waals surface area contributed by atoms with Crippen molar-refractivity contribution in [2.75, 3.05) is 5.32 Å². The third-order valence-corrected chi connectivity index (χ3v) is 3.91. The summed E-state index contributed by atoms with van der Waals surface area (Å²) in [4.78, 5) is 15.7. The van der Waals surface area contributed by atoms with Crippen LogP contribution < -0.4 is 5.32 Å². The van der Waals surface area contributed by atoms with E-state index in [1.54, 1.807) is 6.20 Å². The summed E-state index contributed by atoms with van der Waals surface area (Å²) in [5, 5.41) is 10.7. The minimum Gasteiger partial charge on any atom is -0.358 e. The molecule has 0 fully saturated rings. The molecule has 3 aromatic rings. The Bertz CT molecular complexity index is 813. The molecule has 2 heterocycles. The highest BCUT2D eigenvalue weighted by atomic mass is 16.1. The van der Waals surface area contributed by atoms with E-state index >= 15 is 0 Å². The van der Waals surface area contributed by atoms with Gasteiger partial charge in [0.05, 0.1) is 6.20 Å². The topological polar surface area (TPSA) is 73.6 Å². The number of anilines is 1. The van der Waals surface area contributed by atoms with E-state index in [1.165, 1.54) is 5.56 Å². The Labute approximate surface area is 122 Å². The molecule has 0 saturated carbocycles. The van der Waals surface area contributed by atoms with Crippen molar-refractivity contribution in [1.82, 2.24) is 15.2 Å². The largest absolute Gasteiger partial charge is 0.358 e. The van der Waals surface area contributed by atoms with Crippen molar-refractivity contribution in [3.63, 3.8) is 0 Å². The smallest absolute Gasteiger partial charge is 0.256 e. The first kappa shape index (κ1) is 13.4. The highest BCUT2D eigenvalue weighted by Crippen LogP contribution is 2.23. The average Bonchev–Trinajstić information content (AvgIpc) is 3.04. The Morgan fingerprint density at radius 3 is 2.90 bits per heavy atom. The van der Waals surface area contributed by atoms with Gasteiger partial charge in [0.25, 0.3) is 5.91 Å². The molecule has 108 valence electrons. The first-order valence-electron chi connectivity index (χ1n) is 7.02. The Hall–Kier alpha value is -2.56. The summed E-state index contributed by atoms with van der Waals surface area (Å²) in [5.41, 5.74) is 5.00. The first-order chi connectivity index (χ1) is 10.1. The number of carbonyl (C=O) groups excluding carboxylic acids is 1. The third-order valence-electron chi connectivity index (χ3n) is 3.91. The van der Waals surface area contributed by atoms with Crippen LogP contribution in [0.3, 0.4) is 0 Å². The van der Waals surface area contributed by atoms with Crippen molar-refractivity contribution in [2.24, 2.45) is 0 Å². The standard InChI is InChI=1S/C16H18N4O/c1-4-11-8-17-20-15(11)19-16(21)12-5-6-14-13(7-12)9(2)10(3)18-14/h5-8,18H,4H2,1-3H3,(H2,17,19,20,21). The van der Waals surface area contributed by atoms with Crippen LogP contribution in [0.1, 0.15) is 34.1 Å². The predicted molar refractivity (Wildman–Crippen MR) is 83.7 cm³/mol. The number of fused-ring (bicyclic) bond motifs is 1. The number of nitrogens with zero attached hydrogens (tertiary/aromatic N) is 1. The fraction of sp³-hybridized carbons (Fsp3) is 0.250. The maximum absolute atomic E-state index is 12.4. The third kappa shape index (κ3) is 2.31. The van der Waals surface area contributed by atoms with Crippen molar-refractivity contribution in [1.29, 1.82) is 0 Å². The van der Waals surface area contributed by atoms with E-state index in [-0.39, 0.29) is 5.91 Å². The van der Waals surface area contributed by atoms with Crippen LogP contribution in [-0.4, -0.2) is 21.1 Å². The van der Waals surface area contributed by atoms with Crippen LogP contribution in [0, 0.1) is 13.8 Å². The number of rotatable bonds is 3. The maximum Gasteiger partial charge on any atom is 0.256 e. The van der Waals surface area contributed by atoms with Gasteiger partial charge in [-0.1, -0.05) is 6.92 Å². The predicted octanol–water partition coefficient (Wildman–Crippen LogP) is 3.32. The fourth-order valence-corrected chi connectivity index (χ4v) is 2.48. The molecule has 0 spiro atoms. The van der Waals surface area contributed by atoms with Gasteiger partial charge in [0.1, 0.15) is 5.82 Å². The Morgan fingerprint density at radius 2 is 2.14 bits per heavy atom. The SMILES string of the molecule is CCc1cn[nH]c1NC(=O)c1ccc2[nH]c(C)c(C)c2c1. The number of carbonyl (C=O) groups is 1. The number of aromatic amines is 2. The number of H-pyrrole nitrogens is 2. The normalized spacial score (nSPS) is 11.0. The molecule has 0 aliphatic carbocycles. The molecule has 0 saturated heterocycles. The zero-order chi connectivity index (χ0) is 15.0. The van der Waals surface area contributed by atoms with Crippen LogP contribution >= 0.6 is 0 Å². The molecule has 0 aliphatic rings. The molecule has 0 bridgehead atoms. The van der Waals surface area contributed by atoms with Crippen LogP contribution in [0.25, 0.3) is 10.9 Å². The molecule has 0 unspecified atom stereocenters. The molecule has 5 nitrogen and oxygen atoms in total. The van der Waals surface area contributed by atoms with Crippen LogP contribution in [0.2, 0.25) is 0 Å². The van der Waals surface area contributed by atoms with Crippen LogP contribution in [0.15, 0.2) is 24.4 Å². The second kappa shape index (κ2) is 5.09. The van der Waals surface area contributed by atoms with Gasteiger partial charge in [0, 0.05) is 27.7 Å². The number of aryl methyl sites for hydroxylation is 3. The summed E-state index contributed by atoms with van der Waals surface area (Å²) in [6, 6.07) is 5.69. The van der Waals surface area contributed by atoms with Gasteiger partial charge in [0.15, 0.2) is 0 Å². The number of hydrogen-bond acceptors (Lipinski definition) is 2. The van der Waals surface area contributed by atoms with E-state index in [0.717, 1.165) is 28.6 Å². The van der Waals surface area contributed by atoms with E-state index in [1.807, 2.05) is 32.0 Å². The summed E-state index contributed by atoms with van der Waals surface area (Å²) in [6.45, 7) is 6.12. The molecule has 3 rings (SSSR count). The zero-order valence-corrected chi connectivity index (χ0v) is 12.4. The van der Waals surface area contributed by atoms with Crippen molar-refractivity contribution in [3.8, 4) is 0 Å². The second-order valence-electron chi connectivity index (χ2n) is 5.21. The molecule has 0 atom stereocenters. The molecular formula is C16H18N4O. The lowest BCUT2D eigenvalue weighted by Crippen LogP contribution is -2.13. The van der Waals surface area contributed by atoms with Gasteiger partial charge in [-0.25, -0.2) is 0 Å². The monoisotopic (exact) mass is 282 g/mol. The first-order valence-corrected chi connectivity index (χ1v) is 7.02. The lowest BCUT2D eigenvalue weighted by atomic mass is 10.1. The number of aromatic nitrogens is 3. The zero-order valence-electron chi connectivity index (χ0n) is 12.4. The average molecular weight is 282 g/mol. The van der Waals surface area contributed by atoms with Gasteiger partial charge in [-0.15, -0.1) is 0 Å². The van der Waals surface area contributed by atoms with E-state index in [9.17, 15) is 4.79 Å². The lowest BCUT2D eigenvalue weighted by Gasteiger charge is -2.05. The van der Waals surface area contributed by atoms with Crippen LogP contribution in [0.4, 0.5) is 5.82 Å². The molecule has 1 amide bonds. The van der Waals surface area contributed by atoms with Gasteiger partial charge >= 0.3 is 0 Å². The van der Waals surface area contributed by atoms with E-state index in [4.69, 9.17) is 0 Å². The van der Waals surface area contributed by atoms with E-state index in [2.05, 4.69) is 27.4 Å². The molecule has 0 radical (unpaired) electrons. The van der Waals surface area contributed by atoms with Gasteiger partial charge in [0.2, 0.25) is 0 Å². The van der Waals surface area contributed by atoms with Crippen molar-refractivity contribution < 1.29 is 4.79 Å². The Balaban J connectivity index is 1.93. The molecule has 1 aromatic carbocycles. The van der Waals surface area contributed by atoms with Crippen molar-refractivity contribution >= 4 is 22.6 Å². The van der Waals surface area contributed by atoms with Crippen LogP contribution in [-0.2, 0) is 6.42 Å². The Morgan fingerprint density at radius 1 is 1.33 bits per heavy atom. The summed E-state index contributed by atoms with van der Waals surface area (Å²) < 4.78 is 0. The number of hydrogen-bond donors (Lipinski definition) is 3. The molecule has 3 N–H and O–H groups in total. The minimum absolute atomic E-state index is 0.130. The van der Waals surface area contributed by atoms with Crippen molar-refractivity contribution in [3.05, 3.63) is 46.8 Å². The lowest BCUT2D eigenvalue weighted by molar-refractivity contribution is 0.102. The summed E-state index contributed by atoms with van der Waals surface area (Å²) in [7, 11) is 0. The fourth-order valence-electron chi connectivity index (χ4n) is 2.48. The molecular weight excluding hydrogens is 264 g/mol. The Kier molecular flexibility index (Phi) is 3.25. The van der Waals surface area contributed by atoms with Gasteiger partial charge in [-0.2, -0.15) is 5.10 Å². The van der Waals surface area contributed by atoms with Gasteiger partial charge in [-0.3, -0.25) is 9.89 Å². The summed E-state index contributed by atoms with van der Waals surface area (Å²) in [5.74, 6) is 0.540.